The molecule has 14 heavy (non-hydrogen) atoms. The van der Waals surface area contributed by atoms with Crippen molar-refractivity contribution in [3.8, 4) is 11.6 Å². The van der Waals surface area contributed by atoms with E-state index in [2.05, 4.69) is 15.0 Å². The van der Waals surface area contributed by atoms with Gasteiger partial charge in [-0.3, -0.25) is 0 Å². The number of aryl methyl sites for hydroxylation is 1. The molecule has 0 aliphatic heterocycles. The number of nitrogens with two attached hydrogens (primary N) is 1. The minimum atomic E-state index is 0.384. The maximum atomic E-state index is 5.46. The van der Waals surface area contributed by atoms with Crippen LogP contribution in [0.1, 0.15) is 11.4 Å². The van der Waals surface area contributed by atoms with Crippen LogP contribution in [0.3, 0.4) is 0 Å². The maximum Gasteiger partial charge on any atom is 0.245 e. The molecule has 5 heteroatoms. The number of nitrogens with zero attached hydrogens (tertiary/aromatic N) is 3. The van der Waals surface area contributed by atoms with Crippen LogP contribution in [0.2, 0.25) is 0 Å². The zero-order chi connectivity index (χ0) is 9.97. The van der Waals surface area contributed by atoms with Crippen molar-refractivity contribution in [3.63, 3.8) is 0 Å². The van der Waals surface area contributed by atoms with E-state index < -0.39 is 0 Å². The van der Waals surface area contributed by atoms with Crippen molar-refractivity contribution in [2.24, 2.45) is 5.73 Å². The van der Waals surface area contributed by atoms with Crippen LogP contribution in [-0.4, -0.2) is 15.0 Å². The first-order valence-corrected chi connectivity index (χ1v) is 4.23. The van der Waals surface area contributed by atoms with Gasteiger partial charge in [0.1, 0.15) is 18.3 Å². The van der Waals surface area contributed by atoms with E-state index in [1.807, 2.05) is 6.92 Å². The van der Waals surface area contributed by atoms with E-state index in [0.717, 1.165) is 11.4 Å². The van der Waals surface area contributed by atoms with Gasteiger partial charge in [-0.15, -0.1) is 0 Å². The van der Waals surface area contributed by atoms with E-state index in [1.165, 1.54) is 6.33 Å². The first kappa shape index (κ1) is 8.83. The van der Waals surface area contributed by atoms with Gasteiger partial charge in [0.25, 0.3) is 0 Å². The Kier molecular flexibility index (Phi) is 2.24. The molecular formula is C9H10N4O. The fraction of sp³-hybridized carbons (Fsp3) is 0.222. The van der Waals surface area contributed by atoms with E-state index >= 15 is 0 Å². The maximum absolute atomic E-state index is 5.46. The zero-order valence-electron chi connectivity index (χ0n) is 7.77. The highest BCUT2D eigenvalue weighted by Crippen LogP contribution is 2.15. The second kappa shape index (κ2) is 3.55. The van der Waals surface area contributed by atoms with Crippen LogP contribution in [-0.2, 0) is 6.54 Å². The van der Waals surface area contributed by atoms with Gasteiger partial charge in [-0.2, -0.15) is 0 Å². The molecule has 0 radical (unpaired) electrons. The minimum Gasteiger partial charge on any atom is -0.443 e. The molecule has 2 N–H and O–H groups in total. The molecule has 2 rings (SSSR count). The lowest BCUT2D eigenvalue weighted by atomic mass is 10.3. The predicted octanol–water partition coefficient (Wildman–Crippen LogP) is 0.899. The largest absolute Gasteiger partial charge is 0.443 e. The average molecular weight is 190 g/mol. The second-order valence-corrected chi connectivity index (χ2v) is 2.89. The normalized spacial score (nSPS) is 10.4. The molecule has 5 nitrogen and oxygen atoms in total. The van der Waals surface area contributed by atoms with E-state index in [4.69, 9.17) is 10.2 Å². The van der Waals surface area contributed by atoms with E-state index in [-0.39, 0.29) is 0 Å². The molecular weight excluding hydrogens is 180 g/mol. The Morgan fingerprint density at radius 1 is 1.43 bits per heavy atom. The van der Waals surface area contributed by atoms with Crippen LogP contribution < -0.4 is 5.73 Å². The molecule has 0 spiro atoms. The molecule has 72 valence electrons. The fourth-order valence-corrected chi connectivity index (χ4v) is 1.10. The zero-order valence-corrected chi connectivity index (χ0v) is 7.77. The number of oxazole rings is 1. The summed E-state index contributed by atoms with van der Waals surface area (Å²) in [4.78, 5) is 12.2. The Labute approximate surface area is 81.0 Å². The highest BCUT2D eigenvalue weighted by atomic mass is 16.3. The summed E-state index contributed by atoms with van der Waals surface area (Å²) in [6, 6.07) is 1.77. The van der Waals surface area contributed by atoms with Crippen molar-refractivity contribution >= 4 is 0 Å². The summed E-state index contributed by atoms with van der Waals surface area (Å²) in [5.74, 6) is 0.500. The fourth-order valence-electron chi connectivity index (χ4n) is 1.10. The van der Waals surface area contributed by atoms with Gasteiger partial charge in [-0.1, -0.05) is 0 Å². The van der Waals surface area contributed by atoms with Crippen LogP contribution in [0.4, 0.5) is 0 Å². The standard InChI is InChI=1S/C9H10N4O/c1-6-4-14-9(13-6)8-2-7(3-10)11-5-12-8/h2,4-5H,3,10H2,1H3. The van der Waals surface area contributed by atoms with Crippen molar-refractivity contribution in [2.75, 3.05) is 0 Å². The highest BCUT2D eigenvalue weighted by Gasteiger charge is 2.06. The lowest BCUT2D eigenvalue weighted by Crippen LogP contribution is -2.00. The lowest BCUT2D eigenvalue weighted by Gasteiger charge is -1.96. The molecule has 2 heterocycles. The quantitative estimate of drug-likeness (QED) is 0.761. The molecule has 0 saturated heterocycles. The topological polar surface area (TPSA) is 77.8 Å². The molecule has 2 aromatic heterocycles. The summed E-state index contributed by atoms with van der Waals surface area (Å²) in [5, 5.41) is 0. The van der Waals surface area contributed by atoms with Crippen molar-refractivity contribution in [2.45, 2.75) is 13.5 Å². The van der Waals surface area contributed by atoms with Crippen LogP contribution in [0.5, 0.6) is 0 Å². The highest BCUT2D eigenvalue weighted by molar-refractivity contribution is 5.46. The van der Waals surface area contributed by atoms with Crippen molar-refractivity contribution in [1.82, 2.24) is 15.0 Å². The van der Waals surface area contributed by atoms with E-state index in [1.54, 1.807) is 12.3 Å². The number of hydrogen-bond donors (Lipinski definition) is 1. The van der Waals surface area contributed by atoms with Gasteiger partial charge in [0.05, 0.1) is 11.4 Å². The third-order valence-electron chi connectivity index (χ3n) is 1.77. The molecule has 0 saturated carbocycles. The van der Waals surface area contributed by atoms with Crippen molar-refractivity contribution in [1.29, 1.82) is 0 Å². The van der Waals surface area contributed by atoms with Crippen LogP contribution in [0.15, 0.2) is 23.1 Å². The summed E-state index contributed by atoms with van der Waals surface area (Å²) in [6.07, 6.45) is 3.04. The third-order valence-corrected chi connectivity index (χ3v) is 1.77. The Morgan fingerprint density at radius 3 is 2.93 bits per heavy atom. The SMILES string of the molecule is Cc1coc(-c2cc(CN)ncn2)n1. The second-order valence-electron chi connectivity index (χ2n) is 2.89. The first-order chi connectivity index (χ1) is 6.79. The van der Waals surface area contributed by atoms with E-state index in [0.29, 0.717) is 18.1 Å². The van der Waals surface area contributed by atoms with Gasteiger partial charge in [0.2, 0.25) is 5.89 Å². The minimum absolute atomic E-state index is 0.384. The van der Waals surface area contributed by atoms with Gasteiger partial charge in [0.15, 0.2) is 0 Å². The summed E-state index contributed by atoms with van der Waals surface area (Å²) >= 11 is 0. The van der Waals surface area contributed by atoms with Gasteiger partial charge in [-0.25, -0.2) is 15.0 Å². The number of hydrogen-bond acceptors (Lipinski definition) is 5. The Balaban J connectivity index is 2.41. The van der Waals surface area contributed by atoms with Crippen LogP contribution in [0, 0.1) is 6.92 Å². The molecule has 2 aromatic rings. The van der Waals surface area contributed by atoms with Gasteiger partial charge < -0.3 is 10.2 Å². The molecule has 0 aromatic carbocycles. The molecule has 0 aliphatic carbocycles. The Hall–Kier alpha value is -1.75. The van der Waals surface area contributed by atoms with Crippen molar-refractivity contribution < 1.29 is 4.42 Å². The van der Waals surface area contributed by atoms with Crippen LogP contribution in [0.25, 0.3) is 11.6 Å². The summed E-state index contributed by atoms with van der Waals surface area (Å²) in [5.41, 5.74) is 7.72. The van der Waals surface area contributed by atoms with Crippen LogP contribution >= 0.6 is 0 Å². The average Bonchev–Trinajstić information content (AvgIpc) is 2.65. The smallest absolute Gasteiger partial charge is 0.245 e. The summed E-state index contributed by atoms with van der Waals surface area (Å²) < 4.78 is 5.21. The molecule has 0 unspecified atom stereocenters. The lowest BCUT2D eigenvalue weighted by molar-refractivity contribution is 0.570. The Bertz CT molecular complexity index is 438. The number of rotatable bonds is 2. The summed E-state index contributed by atoms with van der Waals surface area (Å²) in [6.45, 7) is 2.24. The third kappa shape index (κ3) is 1.62. The van der Waals surface area contributed by atoms with Gasteiger partial charge >= 0.3 is 0 Å². The molecule has 0 amide bonds. The molecule has 0 bridgehead atoms. The summed E-state index contributed by atoms with van der Waals surface area (Å²) in [7, 11) is 0. The Morgan fingerprint density at radius 2 is 2.29 bits per heavy atom. The first-order valence-electron chi connectivity index (χ1n) is 4.23. The van der Waals surface area contributed by atoms with Gasteiger partial charge in [0, 0.05) is 6.54 Å². The molecule has 0 atom stereocenters. The molecule has 0 aliphatic rings. The number of aromatic nitrogens is 3. The van der Waals surface area contributed by atoms with Crippen molar-refractivity contribution in [3.05, 3.63) is 30.0 Å². The van der Waals surface area contributed by atoms with E-state index in [9.17, 15) is 0 Å². The predicted molar refractivity (Wildman–Crippen MR) is 50.2 cm³/mol. The molecule has 0 fully saturated rings. The van der Waals surface area contributed by atoms with Gasteiger partial charge in [-0.05, 0) is 13.0 Å². The monoisotopic (exact) mass is 190 g/mol.